The van der Waals surface area contributed by atoms with Crippen LogP contribution in [0.4, 0.5) is 4.79 Å². The predicted octanol–water partition coefficient (Wildman–Crippen LogP) is 1.83. The van der Waals surface area contributed by atoms with Gasteiger partial charge in [0.1, 0.15) is 5.60 Å². The summed E-state index contributed by atoms with van der Waals surface area (Å²) in [5.74, 6) is 0. The molecule has 2 N–H and O–H groups in total. The molecule has 1 atom stereocenters. The molecule has 1 aliphatic heterocycles. The summed E-state index contributed by atoms with van der Waals surface area (Å²) in [6.45, 7) is 6.71. The van der Waals surface area contributed by atoms with Gasteiger partial charge >= 0.3 is 6.09 Å². The van der Waals surface area contributed by atoms with Crippen LogP contribution in [0.5, 0.6) is 0 Å². The van der Waals surface area contributed by atoms with Gasteiger partial charge in [-0.15, -0.1) is 0 Å². The van der Waals surface area contributed by atoms with Gasteiger partial charge in [-0.25, -0.2) is 4.79 Å². The van der Waals surface area contributed by atoms with E-state index >= 15 is 0 Å². The summed E-state index contributed by atoms with van der Waals surface area (Å²) >= 11 is 0. The first-order chi connectivity index (χ1) is 8.83. The summed E-state index contributed by atoms with van der Waals surface area (Å²) in [6, 6.07) is 0. The van der Waals surface area contributed by atoms with Crippen molar-refractivity contribution in [1.82, 2.24) is 5.32 Å². The molecule has 2 aliphatic rings. The molecule has 0 spiro atoms. The number of carbonyl (C=O) groups excluding carboxylic acids is 1. The Morgan fingerprint density at radius 2 is 2.05 bits per heavy atom. The lowest BCUT2D eigenvalue weighted by atomic mass is 9.57. The highest BCUT2D eigenvalue weighted by molar-refractivity contribution is 5.69. The van der Waals surface area contributed by atoms with E-state index in [9.17, 15) is 9.90 Å². The van der Waals surface area contributed by atoms with Gasteiger partial charge in [-0.05, 0) is 40.0 Å². The molecule has 0 radical (unpaired) electrons. The number of alkyl carbamates (subject to hydrolysis) is 1. The SMILES string of the molecule is CC(C)(C)OC(=O)NC1(C2(CO)CCC2)CCOC1. The van der Waals surface area contributed by atoms with Gasteiger partial charge in [0, 0.05) is 12.0 Å². The molecule has 1 unspecified atom stereocenters. The Morgan fingerprint density at radius 1 is 1.37 bits per heavy atom. The van der Waals surface area contributed by atoms with E-state index < -0.39 is 17.2 Å². The standard InChI is InChI=1S/C14H25NO4/c1-12(2,3)19-11(17)15-14(7-8-18-10-14)13(9-16)5-4-6-13/h16H,4-10H2,1-3H3,(H,15,17). The number of hydrogen-bond donors (Lipinski definition) is 2. The lowest BCUT2D eigenvalue weighted by Gasteiger charge is -2.53. The third-order valence-electron chi connectivity index (χ3n) is 4.39. The van der Waals surface area contributed by atoms with Crippen LogP contribution >= 0.6 is 0 Å². The quantitative estimate of drug-likeness (QED) is 0.822. The van der Waals surface area contributed by atoms with Crippen molar-refractivity contribution in [1.29, 1.82) is 0 Å². The zero-order valence-electron chi connectivity index (χ0n) is 12.1. The molecule has 1 saturated heterocycles. The van der Waals surface area contributed by atoms with Crippen LogP contribution in [-0.2, 0) is 9.47 Å². The van der Waals surface area contributed by atoms with Crippen molar-refractivity contribution in [2.75, 3.05) is 19.8 Å². The zero-order chi connectivity index (χ0) is 14.1. The molecule has 19 heavy (non-hydrogen) atoms. The van der Waals surface area contributed by atoms with Crippen molar-refractivity contribution >= 4 is 6.09 Å². The number of aliphatic hydroxyl groups is 1. The van der Waals surface area contributed by atoms with Crippen LogP contribution in [0.15, 0.2) is 0 Å². The predicted molar refractivity (Wildman–Crippen MR) is 70.9 cm³/mol. The van der Waals surface area contributed by atoms with Gasteiger partial charge in [0.15, 0.2) is 0 Å². The summed E-state index contributed by atoms with van der Waals surface area (Å²) in [5.41, 5.74) is -1.22. The van der Waals surface area contributed by atoms with E-state index in [1.165, 1.54) is 0 Å². The molecule has 0 bridgehead atoms. The molecule has 0 aromatic rings. The van der Waals surface area contributed by atoms with Crippen molar-refractivity contribution in [2.45, 2.75) is 57.6 Å². The molecular weight excluding hydrogens is 246 g/mol. The minimum absolute atomic E-state index is 0.0894. The van der Waals surface area contributed by atoms with Crippen molar-refractivity contribution in [2.24, 2.45) is 5.41 Å². The molecule has 1 amide bonds. The van der Waals surface area contributed by atoms with E-state index in [0.717, 1.165) is 25.7 Å². The number of carbonyl (C=O) groups is 1. The Morgan fingerprint density at radius 3 is 2.42 bits per heavy atom. The Balaban J connectivity index is 2.10. The lowest BCUT2D eigenvalue weighted by molar-refractivity contribution is -0.0554. The van der Waals surface area contributed by atoms with Crippen molar-refractivity contribution in [3.05, 3.63) is 0 Å². The third kappa shape index (κ3) is 2.72. The molecule has 2 rings (SSSR count). The Labute approximate surface area is 114 Å². The molecule has 2 fully saturated rings. The van der Waals surface area contributed by atoms with E-state index in [1.807, 2.05) is 20.8 Å². The number of rotatable bonds is 3. The van der Waals surface area contributed by atoms with Crippen LogP contribution < -0.4 is 5.32 Å². The first-order valence-corrected chi connectivity index (χ1v) is 7.02. The van der Waals surface area contributed by atoms with Crippen LogP contribution in [0, 0.1) is 5.41 Å². The fraction of sp³-hybridized carbons (Fsp3) is 0.929. The smallest absolute Gasteiger partial charge is 0.408 e. The van der Waals surface area contributed by atoms with Gasteiger partial charge in [-0.3, -0.25) is 0 Å². The van der Waals surface area contributed by atoms with Crippen LogP contribution in [0.2, 0.25) is 0 Å². The largest absolute Gasteiger partial charge is 0.444 e. The second-order valence-electron chi connectivity index (χ2n) is 6.80. The number of ether oxygens (including phenoxy) is 2. The number of nitrogens with one attached hydrogen (secondary N) is 1. The van der Waals surface area contributed by atoms with Crippen molar-refractivity contribution < 1.29 is 19.4 Å². The first kappa shape index (κ1) is 14.6. The van der Waals surface area contributed by atoms with Crippen molar-refractivity contribution in [3.63, 3.8) is 0 Å². The minimum Gasteiger partial charge on any atom is -0.444 e. The van der Waals surface area contributed by atoms with E-state index in [2.05, 4.69) is 5.32 Å². The van der Waals surface area contributed by atoms with Gasteiger partial charge in [0.05, 0.1) is 18.8 Å². The molecule has 0 aromatic heterocycles. The van der Waals surface area contributed by atoms with Gasteiger partial charge < -0.3 is 19.9 Å². The topological polar surface area (TPSA) is 67.8 Å². The number of hydrogen-bond acceptors (Lipinski definition) is 4. The first-order valence-electron chi connectivity index (χ1n) is 7.02. The Bertz CT molecular complexity index is 332. The molecule has 5 nitrogen and oxygen atoms in total. The summed E-state index contributed by atoms with van der Waals surface area (Å²) in [6.07, 6.45) is 3.29. The number of aliphatic hydroxyl groups excluding tert-OH is 1. The van der Waals surface area contributed by atoms with Crippen molar-refractivity contribution in [3.8, 4) is 0 Å². The highest BCUT2D eigenvalue weighted by Gasteiger charge is 2.57. The summed E-state index contributed by atoms with van der Waals surface area (Å²) < 4.78 is 10.8. The summed E-state index contributed by atoms with van der Waals surface area (Å²) in [7, 11) is 0. The highest BCUT2D eigenvalue weighted by atomic mass is 16.6. The fourth-order valence-corrected chi connectivity index (χ4v) is 3.10. The lowest BCUT2D eigenvalue weighted by Crippen LogP contribution is -2.65. The number of amides is 1. The average molecular weight is 271 g/mol. The maximum atomic E-state index is 12.1. The Kier molecular flexibility index (Phi) is 3.80. The van der Waals surface area contributed by atoms with E-state index in [0.29, 0.717) is 13.2 Å². The molecule has 1 aliphatic carbocycles. The van der Waals surface area contributed by atoms with Gasteiger partial charge in [-0.2, -0.15) is 0 Å². The zero-order valence-corrected chi connectivity index (χ0v) is 12.1. The molecule has 0 aromatic carbocycles. The minimum atomic E-state index is -0.517. The second kappa shape index (κ2) is 4.94. The molecular formula is C14H25NO4. The van der Waals surface area contributed by atoms with Crippen LogP contribution in [0.25, 0.3) is 0 Å². The summed E-state index contributed by atoms with van der Waals surface area (Å²) in [4.78, 5) is 12.1. The van der Waals surface area contributed by atoms with Crippen LogP contribution in [-0.4, -0.2) is 42.2 Å². The van der Waals surface area contributed by atoms with Gasteiger partial charge in [0.2, 0.25) is 0 Å². The fourth-order valence-electron chi connectivity index (χ4n) is 3.10. The maximum absolute atomic E-state index is 12.1. The average Bonchev–Trinajstić information content (AvgIpc) is 2.63. The molecule has 1 heterocycles. The van der Waals surface area contributed by atoms with Crippen LogP contribution in [0.3, 0.4) is 0 Å². The third-order valence-corrected chi connectivity index (χ3v) is 4.39. The highest BCUT2D eigenvalue weighted by Crippen LogP contribution is 2.52. The maximum Gasteiger partial charge on any atom is 0.408 e. The second-order valence-corrected chi connectivity index (χ2v) is 6.80. The monoisotopic (exact) mass is 271 g/mol. The van der Waals surface area contributed by atoms with E-state index in [-0.39, 0.29) is 12.0 Å². The molecule has 110 valence electrons. The summed E-state index contributed by atoms with van der Waals surface area (Å²) in [5, 5.41) is 12.8. The molecule has 5 heteroatoms. The van der Waals surface area contributed by atoms with E-state index in [1.54, 1.807) is 0 Å². The van der Waals surface area contributed by atoms with Gasteiger partial charge in [-0.1, -0.05) is 6.42 Å². The normalized spacial score (nSPS) is 29.7. The van der Waals surface area contributed by atoms with Crippen LogP contribution in [0.1, 0.15) is 46.5 Å². The van der Waals surface area contributed by atoms with E-state index in [4.69, 9.17) is 9.47 Å². The molecule has 1 saturated carbocycles. The van der Waals surface area contributed by atoms with Gasteiger partial charge in [0.25, 0.3) is 0 Å². The Hall–Kier alpha value is -0.810.